The monoisotopic (exact) mass is 539 g/mol. The van der Waals surface area contributed by atoms with Gasteiger partial charge in [0, 0.05) is 12.8 Å². The minimum absolute atomic E-state index is 0.000226. The fourth-order valence-electron chi connectivity index (χ4n) is 4.26. The van der Waals surface area contributed by atoms with Gasteiger partial charge in [0.25, 0.3) is 0 Å². The third kappa shape index (κ3) is 9.11. The van der Waals surface area contributed by atoms with Crippen LogP contribution in [0.25, 0.3) is 0 Å². The van der Waals surface area contributed by atoms with Crippen LogP contribution in [-0.4, -0.2) is 70.5 Å². The lowest BCUT2D eigenvalue weighted by Gasteiger charge is -2.25. The quantitative estimate of drug-likeness (QED) is 0.174. The Hall–Kier alpha value is -4.45. The number of carboxylic acids is 1. The van der Waals surface area contributed by atoms with Crippen LogP contribution < -0.4 is 27.0 Å². The molecule has 0 spiro atoms. The van der Waals surface area contributed by atoms with Crippen molar-refractivity contribution in [2.24, 2.45) is 5.73 Å². The summed E-state index contributed by atoms with van der Waals surface area (Å²) in [5, 5.41) is 29.7. The molecule has 4 amide bonds. The number of amides is 4. The number of carbonyl (C=O) groups excluding carboxylic acids is 4. The lowest BCUT2D eigenvalue weighted by Crippen LogP contribution is -2.58. The summed E-state index contributed by atoms with van der Waals surface area (Å²) in [5.41, 5.74) is 6.60. The Morgan fingerprint density at radius 3 is 2.03 bits per heavy atom. The van der Waals surface area contributed by atoms with Crippen molar-refractivity contribution in [3.63, 3.8) is 0 Å². The molecule has 0 aliphatic carbocycles. The molecule has 1 saturated heterocycles. The molecule has 0 aromatic heterocycles. The fraction of sp³-hybridized carbons (Fsp3) is 0.370. The number of phenols is 1. The van der Waals surface area contributed by atoms with Crippen molar-refractivity contribution in [1.29, 1.82) is 0 Å². The van der Waals surface area contributed by atoms with Gasteiger partial charge in [-0.15, -0.1) is 0 Å². The van der Waals surface area contributed by atoms with Gasteiger partial charge >= 0.3 is 5.97 Å². The third-order valence-corrected chi connectivity index (χ3v) is 6.32. The summed E-state index contributed by atoms with van der Waals surface area (Å²) >= 11 is 0. The Bertz CT molecular complexity index is 1170. The van der Waals surface area contributed by atoms with Crippen molar-refractivity contribution in [1.82, 2.24) is 21.3 Å². The van der Waals surface area contributed by atoms with Crippen molar-refractivity contribution >= 4 is 29.6 Å². The summed E-state index contributed by atoms with van der Waals surface area (Å²) in [4.78, 5) is 62.7. The molecule has 3 rings (SSSR count). The summed E-state index contributed by atoms with van der Waals surface area (Å²) in [6.45, 7) is 0.684. The van der Waals surface area contributed by atoms with E-state index in [4.69, 9.17) is 5.73 Å². The number of hydrogen-bond donors (Lipinski definition) is 7. The van der Waals surface area contributed by atoms with Crippen molar-refractivity contribution in [3.8, 4) is 5.75 Å². The Morgan fingerprint density at radius 2 is 1.44 bits per heavy atom. The van der Waals surface area contributed by atoms with E-state index in [1.54, 1.807) is 24.3 Å². The highest BCUT2D eigenvalue weighted by molar-refractivity contribution is 5.96. The summed E-state index contributed by atoms with van der Waals surface area (Å²) in [6.07, 6.45) is 0.868. The van der Waals surface area contributed by atoms with Gasteiger partial charge in [-0.25, -0.2) is 4.79 Å². The van der Waals surface area contributed by atoms with Crippen LogP contribution in [0.15, 0.2) is 54.6 Å². The summed E-state index contributed by atoms with van der Waals surface area (Å²) < 4.78 is 0. The zero-order valence-electron chi connectivity index (χ0n) is 21.3. The van der Waals surface area contributed by atoms with Gasteiger partial charge in [-0.05, 0) is 42.6 Å². The number of benzene rings is 2. The molecular weight excluding hydrogens is 506 g/mol. The van der Waals surface area contributed by atoms with Crippen LogP contribution in [-0.2, 0) is 36.8 Å². The molecule has 12 heteroatoms. The highest BCUT2D eigenvalue weighted by Gasteiger charge is 2.32. The minimum atomic E-state index is -1.48. The number of aromatic hydroxyl groups is 1. The average Bonchev–Trinajstić information content (AvgIpc) is 3.44. The molecule has 0 radical (unpaired) electrons. The number of carbonyl (C=O) groups is 5. The molecule has 1 aliphatic heterocycles. The first-order chi connectivity index (χ1) is 18.6. The second-order valence-corrected chi connectivity index (χ2v) is 9.40. The Morgan fingerprint density at radius 1 is 0.846 bits per heavy atom. The SMILES string of the molecule is NC(=O)CC(NC(=O)C(Cc1ccccc1)NC(=O)C1CCCN1)C(=O)NC(Cc1ccc(O)cc1)C(=O)O. The van der Waals surface area contributed by atoms with E-state index in [2.05, 4.69) is 21.3 Å². The molecule has 4 unspecified atom stereocenters. The Labute approximate surface area is 225 Å². The topological polar surface area (TPSA) is 200 Å². The normalized spacial score (nSPS) is 16.9. The maximum absolute atomic E-state index is 13.3. The van der Waals surface area contributed by atoms with Gasteiger partial charge in [0.15, 0.2) is 0 Å². The molecular formula is C27H33N5O7. The Balaban J connectivity index is 1.74. The average molecular weight is 540 g/mol. The predicted molar refractivity (Wildman–Crippen MR) is 140 cm³/mol. The number of hydrogen-bond acceptors (Lipinski definition) is 7. The Kier molecular flexibility index (Phi) is 10.4. The molecule has 1 fully saturated rings. The molecule has 208 valence electrons. The van der Waals surface area contributed by atoms with Crippen LogP contribution >= 0.6 is 0 Å². The second-order valence-electron chi connectivity index (χ2n) is 9.40. The maximum Gasteiger partial charge on any atom is 0.326 e. The van der Waals surface area contributed by atoms with Crippen LogP contribution in [0.3, 0.4) is 0 Å². The number of carboxylic acid groups (broad SMARTS) is 1. The second kappa shape index (κ2) is 13.9. The largest absolute Gasteiger partial charge is 0.508 e. The molecule has 2 aromatic carbocycles. The van der Waals surface area contributed by atoms with Gasteiger partial charge in [-0.2, -0.15) is 0 Å². The van der Waals surface area contributed by atoms with Crippen molar-refractivity contribution < 1.29 is 34.2 Å². The minimum Gasteiger partial charge on any atom is -0.508 e. The molecule has 4 atom stereocenters. The van der Waals surface area contributed by atoms with E-state index < -0.39 is 54.3 Å². The summed E-state index contributed by atoms with van der Waals surface area (Å²) in [6, 6.07) is 10.4. The highest BCUT2D eigenvalue weighted by atomic mass is 16.4. The van der Waals surface area contributed by atoms with Crippen LogP contribution in [0.4, 0.5) is 0 Å². The third-order valence-electron chi connectivity index (χ3n) is 6.32. The molecule has 0 saturated carbocycles. The van der Waals surface area contributed by atoms with Gasteiger partial charge in [-0.3, -0.25) is 19.2 Å². The summed E-state index contributed by atoms with van der Waals surface area (Å²) in [5.74, 6) is -4.23. The number of phenolic OH excluding ortho intramolecular Hbond substituents is 1. The van der Waals surface area contributed by atoms with E-state index in [1.165, 1.54) is 24.3 Å². The zero-order valence-corrected chi connectivity index (χ0v) is 21.3. The molecule has 12 nitrogen and oxygen atoms in total. The van der Waals surface area contributed by atoms with Gasteiger partial charge in [-0.1, -0.05) is 42.5 Å². The first-order valence-electron chi connectivity index (χ1n) is 12.6. The number of nitrogens with one attached hydrogen (secondary N) is 4. The smallest absolute Gasteiger partial charge is 0.326 e. The van der Waals surface area contributed by atoms with E-state index in [0.717, 1.165) is 12.0 Å². The lowest BCUT2D eigenvalue weighted by atomic mass is 10.0. The van der Waals surface area contributed by atoms with Crippen molar-refractivity contribution in [2.75, 3.05) is 6.54 Å². The van der Waals surface area contributed by atoms with Crippen molar-refractivity contribution in [2.45, 2.75) is 56.3 Å². The first-order valence-corrected chi connectivity index (χ1v) is 12.6. The molecule has 0 bridgehead atoms. The number of primary amides is 1. The van der Waals surface area contributed by atoms with Crippen LogP contribution in [0.1, 0.15) is 30.4 Å². The van der Waals surface area contributed by atoms with Crippen LogP contribution in [0.5, 0.6) is 5.75 Å². The van der Waals surface area contributed by atoms with E-state index in [1.807, 2.05) is 6.07 Å². The summed E-state index contributed by atoms with van der Waals surface area (Å²) in [7, 11) is 0. The van der Waals surface area contributed by atoms with E-state index in [-0.39, 0.29) is 24.5 Å². The van der Waals surface area contributed by atoms with Gasteiger partial charge in [0.2, 0.25) is 23.6 Å². The lowest BCUT2D eigenvalue weighted by molar-refractivity contribution is -0.142. The predicted octanol–water partition coefficient (Wildman–Crippen LogP) is -0.656. The molecule has 1 aliphatic rings. The first kappa shape index (κ1) is 29.1. The maximum atomic E-state index is 13.3. The molecule has 39 heavy (non-hydrogen) atoms. The van der Waals surface area contributed by atoms with Gasteiger partial charge in [0.05, 0.1) is 12.5 Å². The highest BCUT2D eigenvalue weighted by Crippen LogP contribution is 2.12. The number of nitrogens with two attached hydrogens (primary N) is 1. The van der Waals surface area contributed by atoms with E-state index in [9.17, 15) is 34.2 Å². The zero-order chi connectivity index (χ0) is 28.4. The van der Waals surface area contributed by atoms with Gasteiger partial charge < -0.3 is 37.2 Å². The fourth-order valence-corrected chi connectivity index (χ4v) is 4.26. The van der Waals surface area contributed by atoms with Crippen LogP contribution in [0.2, 0.25) is 0 Å². The number of aliphatic carboxylic acids is 1. The standard InChI is InChI=1S/C27H33N5O7/c28-23(34)15-21(26(37)32-22(27(38)39)14-17-8-10-18(33)11-9-17)31-25(36)20(13-16-5-2-1-3-6-16)30-24(35)19-7-4-12-29-19/h1-3,5-6,8-11,19-22,29,33H,4,7,12-15H2,(H2,28,34)(H,30,35)(H,31,36)(H,32,37)(H,38,39). The van der Waals surface area contributed by atoms with Crippen LogP contribution in [0, 0.1) is 0 Å². The van der Waals surface area contributed by atoms with E-state index in [0.29, 0.717) is 18.5 Å². The molecule has 2 aromatic rings. The van der Waals surface area contributed by atoms with Gasteiger partial charge in [0.1, 0.15) is 23.9 Å². The molecule has 1 heterocycles. The molecule has 8 N–H and O–H groups in total. The number of rotatable bonds is 13. The van der Waals surface area contributed by atoms with Crippen molar-refractivity contribution in [3.05, 3.63) is 65.7 Å². The van der Waals surface area contributed by atoms with E-state index >= 15 is 0 Å².